The van der Waals surface area contributed by atoms with Gasteiger partial charge in [0.25, 0.3) is 5.91 Å². The molecule has 2 aromatic carbocycles. The smallest absolute Gasteiger partial charge is 0.321 e. The van der Waals surface area contributed by atoms with Crippen LogP contribution in [0.2, 0.25) is 5.02 Å². The number of anilines is 3. The summed E-state index contributed by atoms with van der Waals surface area (Å²) < 4.78 is 12.8. The van der Waals surface area contributed by atoms with Crippen molar-refractivity contribution in [2.24, 2.45) is 0 Å². The fourth-order valence-corrected chi connectivity index (χ4v) is 2.77. The molecule has 3 N–H and O–H groups in total. The topological polar surface area (TPSA) is 83.1 Å². The molecule has 0 spiro atoms. The number of hydrogen-bond donors (Lipinski definition) is 3. The summed E-state index contributed by atoms with van der Waals surface area (Å²) in [4.78, 5) is 28.1. The van der Waals surface area contributed by atoms with E-state index in [4.69, 9.17) is 11.6 Å². The number of carbonyl (C=O) groups is 2. The fraction of sp³-hybridized carbons (Fsp3) is 0. The Hall–Kier alpha value is -2.97. The number of amides is 3. The molecule has 1 heterocycles. The van der Waals surface area contributed by atoms with Crippen LogP contribution in [0, 0.1) is 5.82 Å². The first-order valence-corrected chi connectivity index (χ1v) is 8.61. The Morgan fingerprint density at radius 2 is 1.54 bits per heavy atom. The summed E-state index contributed by atoms with van der Waals surface area (Å²) in [6, 6.07) is 11.4. The standard InChI is InChI=1S/C17H12ClFN4O2S/c18-10-1-5-12(6-2-10)20-15(24)14-9-26-17(22-14)23-16(25)21-13-7-3-11(19)4-8-13/h1-9H,(H,20,24)(H2,21,22,23,25). The van der Waals surface area contributed by atoms with E-state index in [9.17, 15) is 14.0 Å². The van der Waals surface area contributed by atoms with E-state index in [1.54, 1.807) is 24.3 Å². The molecule has 0 aliphatic carbocycles. The Balaban J connectivity index is 1.58. The zero-order valence-electron chi connectivity index (χ0n) is 13.1. The van der Waals surface area contributed by atoms with Crippen molar-refractivity contribution in [3.8, 4) is 0 Å². The highest BCUT2D eigenvalue weighted by atomic mass is 35.5. The first kappa shape index (κ1) is 17.8. The number of benzene rings is 2. The molecule has 0 unspecified atom stereocenters. The normalized spacial score (nSPS) is 10.2. The molecule has 3 amide bonds. The van der Waals surface area contributed by atoms with Crippen molar-refractivity contribution in [3.05, 3.63) is 70.4 Å². The summed E-state index contributed by atoms with van der Waals surface area (Å²) in [5.41, 5.74) is 1.18. The molecule has 132 valence electrons. The summed E-state index contributed by atoms with van der Waals surface area (Å²) >= 11 is 6.90. The van der Waals surface area contributed by atoms with Crippen LogP contribution in [-0.2, 0) is 0 Å². The van der Waals surface area contributed by atoms with E-state index in [2.05, 4.69) is 20.9 Å². The number of rotatable bonds is 4. The van der Waals surface area contributed by atoms with Crippen LogP contribution >= 0.6 is 22.9 Å². The maximum absolute atomic E-state index is 12.8. The van der Waals surface area contributed by atoms with Gasteiger partial charge in [0.1, 0.15) is 11.5 Å². The van der Waals surface area contributed by atoms with Crippen LogP contribution in [0.4, 0.5) is 25.7 Å². The zero-order valence-corrected chi connectivity index (χ0v) is 14.7. The maximum atomic E-state index is 12.8. The lowest BCUT2D eigenvalue weighted by Crippen LogP contribution is -2.19. The monoisotopic (exact) mass is 390 g/mol. The quantitative estimate of drug-likeness (QED) is 0.596. The number of thiazole rings is 1. The number of nitrogens with zero attached hydrogens (tertiary/aromatic N) is 1. The van der Waals surface area contributed by atoms with Crippen molar-refractivity contribution in [2.45, 2.75) is 0 Å². The molecule has 0 atom stereocenters. The van der Waals surface area contributed by atoms with Crippen LogP contribution in [-0.4, -0.2) is 16.9 Å². The highest BCUT2D eigenvalue weighted by molar-refractivity contribution is 7.14. The van der Waals surface area contributed by atoms with E-state index in [1.165, 1.54) is 29.6 Å². The molecule has 6 nitrogen and oxygen atoms in total. The second-order valence-electron chi connectivity index (χ2n) is 5.08. The molecule has 3 aromatic rings. The minimum Gasteiger partial charge on any atom is -0.321 e. The summed E-state index contributed by atoms with van der Waals surface area (Å²) in [5.74, 6) is -0.803. The number of nitrogens with one attached hydrogen (secondary N) is 3. The molecule has 9 heteroatoms. The summed E-state index contributed by atoms with van der Waals surface area (Å²) in [6.45, 7) is 0. The van der Waals surface area contributed by atoms with Crippen LogP contribution in [0.15, 0.2) is 53.9 Å². The van der Waals surface area contributed by atoms with Crippen molar-refractivity contribution < 1.29 is 14.0 Å². The van der Waals surface area contributed by atoms with E-state index in [1.807, 2.05) is 0 Å². The predicted octanol–water partition coefficient (Wildman–Crippen LogP) is 4.83. The molecule has 0 bridgehead atoms. The van der Waals surface area contributed by atoms with Gasteiger partial charge in [-0.25, -0.2) is 14.2 Å². The second-order valence-corrected chi connectivity index (χ2v) is 6.38. The van der Waals surface area contributed by atoms with E-state index in [0.29, 0.717) is 16.4 Å². The van der Waals surface area contributed by atoms with Crippen LogP contribution in [0.3, 0.4) is 0 Å². The average Bonchev–Trinajstić information content (AvgIpc) is 3.07. The van der Waals surface area contributed by atoms with Crippen LogP contribution < -0.4 is 16.0 Å². The third kappa shape index (κ3) is 4.78. The minimum absolute atomic E-state index is 0.169. The van der Waals surface area contributed by atoms with E-state index < -0.39 is 17.8 Å². The van der Waals surface area contributed by atoms with Gasteiger partial charge in [-0.15, -0.1) is 11.3 Å². The number of halogens is 2. The third-order valence-corrected chi connectivity index (χ3v) is 4.17. The Morgan fingerprint density at radius 1 is 0.923 bits per heavy atom. The predicted molar refractivity (Wildman–Crippen MR) is 101 cm³/mol. The Morgan fingerprint density at radius 3 is 2.23 bits per heavy atom. The number of aromatic nitrogens is 1. The Labute approximate surface area is 157 Å². The van der Waals surface area contributed by atoms with Gasteiger partial charge < -0.3 is 10.6 Å². The van der Waals surface area contributed by atoms with Gasteiger partial charge in [0.2, 0.25) is 0 Å². The molecular weight excluding hydrogens is 379 g/mol. The third-order valence-electron chi connectivity index (χ3n) is 3.16. The van der Waals surface area contributed by atoms with Gasteiger partial charge in [0, 0.05) is 21.8 Å². The lowest BCUT2D eigenvalue weighted by Gasteiger charge is -2.05. The van der Waals surface area contributed by atoms with Crippen molar-refractivity contribution in [1.82, 2.24) is 4.98 Å². The summed E-state index contributed by atoms with van der Waals surface area (Å²) in [5, 5.41) is 10.1. The molecule has 0 saturated heterocycles. The number of urea groups is 1. The molecule has 0 saturated carbocycles. The van der Waals surface area contributed by atoms with Gasteiger partial charge in [-0.05, 0) is 48.5 Å². The number of hydrogen-bond acceptors (Lipinski definition) is 4. The van der Waals surface area contributed by atoms with E-state index in [0.717, 1.165) is 11.3 Å². The average molecular weight is 391 g/mol. The second kappa shape index (κ2) is 7.94. The molecule has 0 radical (unpaired) electrons. The van der Waals surface area contributed by atoms with Gasteiger partial charge in [0.05, 0.1) is 0 Å². The van der Waals surface area contributed by atoms with Crippen molar-refractivity contribution in [2.75, 3.05) is 16.0 Å². The first-order valence-electron chi connectivity index (χ1n) is 7.35. The molecule has 1 aromatic heterocycles. The van der Waals surface area contributed by atoms with Crippen LogP contribution in [0.5, 0.6) is 0 Å². The van der Waals surface area contributed by atoms with Gasteiger partial charge in [-0.2, -0.15) is 0 Å². The number of carbonyl (C=O) groups excluding carboxylic acids is 2. The lowest BCUT2D eigenvalue weighted by atomic mass is 10.3. The van der Waals surface area contributed by atoms with Crippen molar-refractivity contribution in [1.29, 1.82) is 0 Å². The van der Waals surface area contributed by atoms with Gasteiger partial charge in [-0.1, -0.05) is 11.6 Å². The van der Waals surface area contributed by atoms with Gasteiger partial charge in [0.15, 0.2) is 5.13 Å². The summed E-state index contributed by atoms with van der Waals surface area (Å²) in [6.07, 6.45) is 0. The maximum Gasteiger partial charge on any atom is 0.325 e. The first-order chi connectivity index (χ1) is 12.5. The molecular formula is C17H12ClFN4O2S. The SMILES string of the molecule is O=C(Nc1ccc(F)cc1)Nc1nc(C(=O)Nc2ccc(Cl)cc2)cs1. The molecule has 0 aliphatic rings. The van der Waals surface area contributed by atoms with Crippen molar-refractivity contribution >= 4 is 51.4 Å². The lowest BCUT2D eigenvalue weighted by molar-refractivity contribution is 0.102. The van der Waals surface area contributed by atoms with Crippen molar-refractivity contribution in [3.63, 3.8) is 0 Å². The highest BCUT2D eigenvalue weighted by Crippen LogP contribution is 2.18. The van der Waals surface area contributed by atoms with E-state index in [-0.39, 0.29) is 10.8 Å². The van der Waals surface area contributed by atoms with Gasteiger partial charge in [-0.3, -0.25) is 10.1 Å². The zero-order chi connectivity index (χ0) is 18.5. The molecule has 3 rings (SSSR count). The molecule has 0 fully saturated rings. The molecule has 26 heavy (non-hydrogen) atoms. The van der Waals surface area contributed by atoms with Gasteiger partial charge >= 0.3 is 6.03 Å². The largest absolute Gasteiger partial charge is 0.325 e. The fourth-order valence-electron chi connectivity index (χ4n) is 1.96. The highest BCUT2D eigenvalue weighted by Gasteiger charge is 2.13. The van der Waals surface area contributed by atoms with Crippen LogP contribution in [0.25, 0.3) is 0 Å². The Kier molecular flexibility index (Phi) is 5.45. The minimum atomic E-state index is -0.546. The molecule has 0 aliphatic heterocycles. The van der Waals surface area contributed by atoms with E-state index >= 15 is 0 Å². The Bertz CT molecular complexity index is 929. The van der Waals surface area contributed by atoms with Crippen LogP contribution in [0.1, 0.15) is 10.5 Å². The summed E-state index contributed by atoms with van der Waals surface area (Å²) in [7, 11) is 0.